The van der Waals surface area contributed by atoms with E-state index in [1.807, 2.05) is 6.92 Å². The highest BCUT2D eigenvalue weighted by Crippen LogP contribution is 2.66. The first-order chi connectivity index (χ1) is 5.89. The number of nitrogens with zero attached hydrogens (tertiary/aromatic N) is 1. The third-order valence-electron chi connectivity index (χ3n) is 4.03. The van der Waals surface area contributed by atoms with Crippen molar-refractivity contribution in [1.82, 2.24) is 0 Å². The Labute approximate surface area is 84.0 Å². The van der Waals surface area contributed by atoms with Crippen LogP contribution in [0.25, 0.3) is 0 Å². The summed E-state index contributed by atoms with van der Waals surface area (Å²) in [6, 6.07) is 0. The van der Waals surface area contributed by atoms with Crippen LogP contribution in [-0.4, -0.2) is 15.8 Å². The van der Waals surface area contributed by atoms with E-state index in [4.69, 9.17) is 16.8 Å². The lowest BCUT2D eigenvalue weighted by atomic mass is 9.88. The van der Waals surface area contributed by atoms with Gasteiger partial charge in [-0.2, -0.15) is 0 Å². The zero-order valence-electron chi connectivity index (χ0n) is 8.34. The summed E-state index contributed by atoms with van der Waals surface area (Å²) in [4.78, 5) is -0.413. The molecule has 0 heterocycles. The van der Waals surface area contributed by atoms with Crippen LogP contribution in [0.4, 0.5) is 0 Å². The summed E-state index contributed by atoms with van der Waals surface area (Å²) in [7, 11) is 0. The molecule has 2 nitrogen and oxygen atoms in total. The third kappa shape index (κ3) is 1.18. The number of hydrogen-bond acceptors (Lipinski definition) is 2. The number of oxime groups is 1. The highest BCUT2D eigenvalue weighted by atomic mass is 35.5. The molecule has 0 bridgehead atoms. The van der Waals surface area contributed by atoms with Gasteiger partial charge in [-0.3, -0.25) is 0 Å². The Morgan fingerprint density at radius 2 is 2.00 bits per heavy atom. The quantitative estimate of drug-likeness (QED) is 0.365. The van der Waals surface area contributed by atoms with E-state index in [1.165, 1.54) is 0 Å². The van der Waals surface area contributed by atoms with Crippen LogP contribution in [0.15, 0.2) is 5.16 Å². The maximum atomic E-state index is 8.84. The van der Waals surface area contributed by atoms with Gasteiger partial charge >= 0.3 is 0 Å². The highest BCUT2D eigenvalue weighted by molar-refractivity contribution is 6.36. The molecule has 0 aromatic carbocycles. The first kappa shape index (κ1) is 9.32. The maximum Gasteiger partial charge on any atom is 0.0834 e. The Bertz CT molecular complexity index is 270. The minimum atomic E-state index is -0.413. The molecular weight excluding hydrogens is 186 g/mol. The van der Waals surface area contributed by atoms with E-state index in [-0.39, 0.29) is 0 Å². The molecule has 2 fully saturated rings. The molecule has 74 valence electrons. The molecule has 2 rings (SSSR count). The number of hydrogen-bond donors (Lipinski definition) is 1. The standard InChI is InChI=1S/C10H16ClNO/c1-9(2)6-4-8(12-13)10(3,11)5-7(6)9/h6-7,13H,4-5H2,1-3H3/b12-8-. The molecule has 2 aliphatic rings. The molecule has 0 amide bonds. The lowest BCUT2D eigenvalue weighted by Crippen LogP contribution is -2.33. The molecule has 0 aliphatic heterocycles. The minimum absolute atomic E-state index is 0.405. The zero-order chi connectivity index (χ0) is 9.85. The van der Waals surface area contributed by atoms with Crippen LogP contribution in [0.5, 0.6) is 0 Å². The monoisotopic (exact) mass is 201 g/mol. The molecule has 13 heavy (non-hydrogen) atoms. The van der Waals surface area contributed by atoms with Crippen LogP contribution in [0.2, 0.25) is 0 Å². The van der Waals surface area contributed by atoms with Crippen molar-refractivity contribution < 1.29 is 5.21 Å². The van der Waals surface area contributed by atoms with Crippen molar-refractivity contribution in [1.29, 1.82) is 0 Å². The molecule has 0 saturated heterocycles. The summed E-state index contributed by atoms with van der Waals surface area (Å²) in [5.41, 5.74) is 1.17. The van der Waals surface area contributed by atoms with Crippen LogP contribution in [0.3, 0.4) is 0 Å². The smallest absolute Gasteiger partial charge is 0.0834 e. The van der Waals surface area contributed by atoms with Crippen LogP contribution in [0.1, 0.15) is 33.6 Å². The second-order valence-corrected chi connectivity index (χ2v) is 6.02. The first-order valence-electron chi connectivity index (χ1n) is 4.80. The SMILES string of the molecule is CC1(Cl)CC2C(C/C1=N/O)C2(C)C. The number of alkyl halides is 1. The van der Waals surface area contributed by atoms with Gasteiger partial charge in [0.2, 0.25) is 0 Å². The Morgan fingerprint density at radius 1 is 1.38 bits per heavy atom. The van der Waals surface area contributed by atoms with Crippen LogP contribution in [-0.2, 0) is 0 Å². The van der Waals surface area contributed by atoms with E-state index in [9.17, 15) is 0 Å². The van der Waals surface area contributed by atoms with Gasteiger partial charge in [-0.05, 0) is 37.0 Å². The predicted molar refractivity (Wildman–Crippen MR) is 53.5 cm³/mol. The van der Waals surface area contributed by atoms with Gasteiger partial charge in [0, 0.05) is 0 Å². The van der Waals surface area contributed by atoms with Crippen molar-refractivity contribution in [2.24, 2.45) is 22.4 Å². The second-order valence-electron chi connectivity index (χ2n) is 5.19. The van der Waals surface area contributed by atoms with Crippen molar-refractivity contribution in [2.45, 2.75) is 38.5 Å². The van der Waals surface area contributed by atoms with Gasteiger partial charge in [0.05, 0.1) is 10.6 Å². The third-order valence-corrected chi connectivity index (χ3v) is 4.40. The van der Waals surface area contributed by atoms with E-state index in [2.05, 4.69) is 19.0 Å². The average Bonchev–Trinajstić information content (AvgIpc) is 2.50. The summed E-state index contributed by atoms with van der Waals surface area (Å²) >= 11 is 6.30. The molecule has 0 radical (unpaired) electrons. The minimum Gasteiger partial charge on any atom is -0.411 e. The van der Waals surface area contributed by atoms with Gasteiger partial charge < -0.3 is 5.21 Å². The Kier molecular flexibility index (Phi) is 1.73. The van der Waals surface area contributed by atoms with E-state index in [0.717, 1.165) is 24.5 Å². The van der Waals surface area contributed by atoms with Crippen LogP contribution >= 0.6 is 11.6 Å². The number of rotatable bonds is 0. The summed E-state index contributed by atoms with van der Waals surface area (Å²) in [5, 5.41) is 12.2. The lowest BCUT2D eigenvalue weighted by molar-refractivity contribution is 0.311. The predicted octanol–water partition coefficient (Wildman–Crippen LogP) is 2.88. The first-order valence-corrected chi connectivity index (χ1v) is 5.17. The highest BCUT2D eigenvalue weighted by Gasteiger charge is 2.63. The van der Waals surface area contributed by atoms with E-state index in [0.29, 0.717) is 11.3 Å². The lowest BCUT2D eigenvalue weighted by Gasteiger charge is -2.26. The summed E-state index contributed by atoms with van der Waals surface area (Å²) in [6.45, 7) is 6.50. The fourth-order valence-electron chi connectivity index (χ4n) is 2.77. The van der Waals surface area contributed by atoms with E-state index >= 15 is 0 Å². The molecule has 3 unspecified atom stereocenters. The van der Waals surface area contributed by atoms with E-state index < -0.39 is 4.87 Å². The summed E-state index contributed by atoms with van der Waals surface area (Å²) in [5.74, 6) is 1.41. The van der Waals surface area contributed by atoms with Crippen molar-refractivity contribution in [3.8, 4) is 0 Å². The van der Waals surface area contributed by atoms with Crippen molar-refractivity contribution in [2.75, 3.05) is 0 Å². The normalized spacial score (nSPS) is 50.3. The van der Waals surface area contributed by atoms with Crippen molar-refractivity contribution in [3.05, 3.63) is 0 Å². The molecule has 0 aromatic heterocycles. The molecule has 3 heteroatoms. The molecule has 2 aliphatic carbocycles. The van der Waals surface area contributed by atoms with Crippen LogP contribution < -0.4 is 0 Å². The molecule has 1 N–H and O–H groups in total. The Hall–Kier alpha value is -0.240. The van der Waals surface area contributed by atoms with Gasteiger partial charge in [0.1, 0.15) is 0 Å². The van der Waals surface area contributed by atoms with E-state index in [1.54, 1.807) is 0 Å². The van der Waals surface area contributed by atoms with Gasteiger partial charge in [0.15, 0.2) is 0 Å². The summed E-state index contributed by atoms with van der Waals surface area (Å²) < 4.78 is 0. The Morgan fingerprint density at radius 3 is 2.54 bits per heavy atom. The number of halogens is 1. The van der Waals surface area contributed by atoms with Crippen molar-refractivity contribution in [3.63, 3.8) is 0 Å². The molecule has 3 atom stereocenters. The van der Waals surface area contributed by atoms with Crippen molar-refractivity contribution >= 4 is 17.3 Å². The topological polar surface area (TPSA) is 32.6 Å². The number of fused-ring (bicyclic) bond motifs is 1. The van der Waals surface area contributed by atoms with Gasteiger partial charge in [-0.25, -0.2) is 0 Å². The van der Waals surface area contributed by atoms with Gasteiger partial charge in [0.25, 0.3) is 0 Å². The molecule has 2 saturated carbocycles. The van der Waals surface area contributed by atoms with Crippen LogP contribution in [0, 0.1) is 17.3 Å². The fraction of sp³-hybridized carbons (Fsp3) is 0.900. The Balaban J connectivity index is 2.22. The second kappa shape index (κ2) is 2.41. The molecular formula is C10H16ClNO. The average molecular weight is 202 g/mol. The van der Waals surface area contributed by atoms with Gasteiger partial charge in [-0.1, -0.05) is 19.0 Å². The largest absolute Gasteiger partial charge is 0.411 e. The maximum absolute atomic E-state index is 8.84. The summed E-state index contributed by atoms with van der Waals surface area (Å²) in [6.07, 6.45) is 1.82. The molecule has 0 aromatic rings. The molecule has 0 spiro atoms. The zero-order valence-corrected chi connectivity index (χ0v) is 9.10. The van der Waals surface area contributed by atoms with Gasteiger partial charge in [-0.15, -0.1) is 11.6 Å². The fourth-order valence-corrected chi connectivity index (χ4v) is 3.05.